The summed E-state index contributed by atoms with van der Waals surface area (Å²) in [5, 5.41) is 0.745. The first-order chi connectivity index (χ1) is 8.20. The molecular weight excluding hydrogens is 226 g/mol. The third-order valence-corrected chi connectivity index (χ3v) is 5.24. The summed E-state index contributed by atoms with van der Waals surface area (Å²) < 4.78 is 0. The van der Waals surface area contributed by atoms with Crippen molar-refractivity contribution in [2.75, 3.05) is 5.75 Å². The van der Waals surface area contributed by atoms with Crippen LogP contribution in [0, 0.1) is 0 Å². The van der Waals surface area contributed by atoms with E-state index >= 15 is 0 Å². The third kappa shape index (κ3) is 3.26. The van der Waals surface area contributed by atoms with Crippen molar-refractivity contribution in [1.82, 2.24) is 0 Å². The van der Waals surface area contributed by atoms with Crippen molar-refractivity contribution >= 4 is 11.8 Å². The zero-order chi connectivity index (χ0) is 12.3. The van der Waals surface area contributed by atoms with Crippen LogP contribution in [0.2, 0.25) is 0 Å². The van der Waals surface area contributed by atoms with E-state index in [1.165, 1.54) is 24.0 Å². The van der Waals surface area contributed by atoms with Crippen LogP contribution in [0.25, 0.3) is 0 Å². The molecule has 0 saturated carbocycles. The summed E-state index contributed by atoms with van der Waals surface area (Å²) in [6, 6.07) is 9.13. The first kappa shape index (κ1) is 13.0. The normalized spacial score (nSPS) is 21.5. The minimum Gasteiger partial charge on any atom is -0.327 e. The number of benzene rings is 1. The van der Waals surface area contributed by atoms with Crippen LogP contribution in [0.15, 0.2) is 24.3 Å². The molecule has 0 aliphatic heterocycles. The second-order valence-electron chi connectivity index (χ2n) is 5.15. The van der Waals surface area contributed by atoms with E-state index in [-0.39, 0.29) is 0 Å². The van der Waals surface area contributed by atoms with Crippen LogP contribution < -0.4 is 5.73 Å². The van der Waals surface area contributed by atoms with E-state index in [9.17, 15) is 0 Å². The Kier molecular flexibility index (Phi) is 4.52. The second-order valence-corrected chi connectivity index (χ2v) is 6.62. The molecule has 0 amide bonds. The largest absolute Gasteiger partial charge is 0.327 e. The van der Waals surface area contributed by atoms with Crippen molar-refractivity contribution in [3.8, 4) is 0 Å². The molecular formula is C15H23NS. The third-order valence-electron chi connectivity index (χ3n) is 3.72. The lowest BCUT2D eigenvalue weighted by Crippen LogP contribution is -2.30. The van der Waals surface area contributed by atoms with Gasteiger partial charge in [0.1, 0.15) is 0 Å². The zero-order valence-corrected chi connectivity index (χ0v) is 11.7. The molecule has 0 aromatic heterocycles. The second kappa shape index (κ2) is 5.92. The fourth-order valence-corrected chi connectivity index (χ4v) is 3.36. The summed E-state index contributed by atoms with van der Waals surface area (Å²) in [4.78, 5) is 0. The molecule has 2 N–H and O–H groups in total. The highest BCUT2D eigenvalue weighted by Crippen LogP contribution is 2.38. The predicted octanol–water partition coefficient (Wildman–Crippen LogP) is 3.58. The minimum atomic E-state index is 0.354. The summed E-state index contributed by atoms with van der Waals surface area (Å²) in [6.45, 7) is 4.53. The summed E-state index contributed by atoms with van der Waals surface area (Å²) in [5.41, 5.74) is 9.29. The van der Waals surface area contributed by atoms with Gasteiger partial charge < -0.3 is 5.73 Å². The van der Waals surface area contributed by atoms with E-state index in [4.69, 9.17) is 5.73 Å². The molecule has 1 nitrogen and oxygen atoms in total. The van der Waals surface area contributed by atoms with E-state index in [0.717, 1.165) is 23.3 Å². The van der Waals surface area contributed by atoms with Gasteiger partial charge in [-0.25, -0.2) is 0 Å². The van der Waals surface area contributed by atoms with Crippen LogP contribution >= 0.6 is 11.8 Å². The molecule has 2 rings (SSSR count). The smallest absolute Gasteiger partial charge is 0.0136 e. The van der Waals surface area contributed by atoms with E-state index in [2.05, 4.69) is 38.1 Å². The standard InChI is InChI=1S/C15H23NS/c1-3-11(2)17-10-14(16)9-13-8-12-6-4-5-7-15(12)13/h4-7,11,13-14H,3,8-10,16H2,1-2H3. The maximum atomic E-state index is 6.22. The van der Waals surface area contributed by atoms with Gasteiger partial charge in [-0.05, 0) is 36.3 Å². The first-order valence-electron chi connectivity index (χ1n) is 6.65. The van der Waals surface area contributed by atoms with Crippen molar-refractivity contribution in [3.05, 3.63) is 35.4 Å². The predicted molar refractivity (Wildman–Crippen MR) is 77.7 cm³/mol. The Bertz CT molecular complexity index is 364. The van der Waals surface area contributed by atoms with Gasteiger partial charge in [0.25, 0.3) is 0 Å². The molecule has 94 valence electrons. The van der Waals surface area contributed by atoms with Crippen molar-refractivity contribution in [2.24, 2.45) is 5.73 Å². The van der Waals surface area contributed by atoms with Crippen molar-refractivity contribution < 1.29 is 0 Å². The molecule has 3 unspecified atom stereocenters. The van der Waals surface area contributed by atoms with Crippen LogP contribution in [0.5, 0.6) is 0 Å². The number of fused-ring (bicyclic) bond motifs is 1. The molecule has 3 atom stereocenters. The van der Waals surface area contributed by atoms with Crippen molar-refractivity contribution in [1.29, 1.82) is 0 Å². The molecule has 0 heterocycles. The maximum Gasteiger partial charge on any atom is 0.0136 e. The summed E-state index contributed by atoms with van der Waals surface area (Å²) in [7, 11) is 0. The van der Waals surface area contributed by atoms with Crippen LogP contribution in [-0.2, 0) is 6.42 Å². The van der Waals surface area contributed by atoms with Gasteiger partial charge in [0.05, 0.1) is 0 Å². The van der Waals surface area contributed by atoms with Gasteiger partial charge in [-0.15, -0.1) is 0 Å². The van der Waals surface area contributed by atoms with E-state index in [0.29, 0.717) is 6.04 Å². The van der Waals surface area contributed by atoms with Gasteiger partial charge in [0, 0.05) is 17.0 Å². The Balaban J connectivity index is 1.76. The van der Waals surface area contributed by atoms with Crippen LogP contribution in [0.4, 0.5) is 0 Å². The van der Waals surface area contributed by atoms with Crippen LogP contribution in [-0.4, -0.2) is 17.0 Å². The lowest BCUT2D eigenvalue weighted by molar-refractivity contribution is 0.510. The van der Waals surface area contributed by atoms with Gasteiger partial charge in [-0.1, -0.05) is 38.1 Å². The molecule has 0 radical (unpaired) electrons. The highest BCUT2D eigenvalue weighted by atomic mass is 32.2. The van der Waals surface area contributed by atoms with E-state index < -0.39 is 0 Å². The van der Waals surface area contributed by atoms with Crippen molar-refractivity contribution in [2.45, 2.75) is 50.3 Å². The van der Waals surface area contributed by atoms with Crippen LogP contribution in [0.1, 0.15) is 43.7 Å². The molecule has 0 fully saturated rings. The molecule has 17 heavy (non-hydrogen) atoms. The average Bonchev–Trinajstić information content (AvgIpc) is 2.33. The molecule has 1 aromatic carbocycles. The Morgan fingerprint density at radius 2 is 2.18 bits per heavy atom. The van der Waals surface area contributed by atoms with Crippen LogP contribution in [0.3, 0.4) is 0 Å². The van der Waals surface area contributed by atoms with Crippen molar-refractivity contribution in [3.63, 3.8) is 0 Å². The maximum absolute atomic E-state index is 6.22. The minimum absolute atomic E-state index is 0.354. The fraction of sp³-hybridized carbons (Fsp3) is 0.600. The number of nitrogens with two attached hydrogens (primary N) is 1. The fourth-order valence-electron chi connectivity index (χ4n) is 2.41. The Labute approximate surface area is 109 Å². The highest BCUT2D eigenvalue weighted by molar-refractivity contribution is 7.99. The van der Waals surface area contributed by atoms with Gasteiger partial charge in [-0.2, -0.15) is 11.8 Å². The summed E-state index contributed by atoms with van der Waals surface area (Å²) in [5.74, 6) is 1.83. The molecule has 1 aromatic rings. The monoisotopic (exact) mass is 249 g/mol. The lowest BCUT2D eigenvalue weighted by Gasteiger charge is -2.32. The van der Waals surface area contributed by atoms with Gasteiger partial charge in [0.2, 0.25) is 0 Å². The zero-order valence-electron chi connectivity index (χ0n) is 10.9. The number of hydrogen-bond donors (Lipinski definition) is 1. The topological polar surface area (TPSA) is 26.0 Å². The molecule has 0 spiro atoms. The Morgan fingerprint density at radius 1 is 1.41 bits per heavy atom. The SMILES string of the molecule is CCC(C)SCC(N)CC1Cc2ccccc21. The van der Waals surface area contributed by atoms with E-state index in [1.807, 2.05) is 11.8 Å². The summed E-state index contributed by atoms with van der Waals surface area (Å²) >= 11 is 2.02. The first-order valence-corrected chi connectivity index (χ1v) is 7.70. The van der Waals surface area contributed by atoms with Gasteiger partial charge in [-0.3, -0.25) is 0 Å². The molecule has 1 aliphatic rings. The Hall–Kier alpha value is -0.470. The number of rotatable bonds is 6. The van der Waals surface area contributed by atoms with E-state index in [1.54, 1.807) is 0 Å². The molecule has 0 bridgehead atoms. The average molecular weight is 249 g/mol. The summed E-state index contributed by atoms with van der Waals surface area (Å²) in [6.07, 6.45) is 3.63. The lowest BCUT2D eigenvalue weighted by atomic mass is 9.75. The quantitative estimate of drug-likeness (QED) is 0.834. The number of hydrogen-bond acceptors (Lipinski definition) is 2. The van der Waals surface area contributed by atoms with Gasteiger partial charge in [0.15, 0.2) is 0 Å². The molecule has 2 heteroatoms. The Morgan fingerprint density at radius 3 is 2.88 bits per heavy atom. The number of thioether (sulfide) groups is 1. The molecule has 0 saturated heterocycles. The highest BCUT2D eigenvalue weighted by Gasteiger charge is 2.26. The molecule has 1 aliphatic carbocycles. The van der Waals surface area contributed by atoms with Gasteiger partial charge >= 0.3 is 0 Å².